The largest absolute Gasteiger partial charge is 0.481 e. The van der Waals surface area contributed by atoms with Gasteiger partial charge in [0.1, 0.15) is 5.69 Å². The smallest absolute Gasteiger partial charge is 0.310 e. The van der Waals surface area contributed by atoms with Crippen LogP contribution in [0.4, 0.5) is 0 Å². The quantitative estimate of drug-likeness (QED) is 0.855. The molecular weight excluding hydrogens is 258 g/mol. The van der Waals surface area contributed by atoms with Gasteiger partial charge in [0.25, 0.3) is 5.91 Å². The Morgan fingerprint density at radius 2 is 1.95 bits per heavy atom. The zero-order chi connectivity index (χ0) is 14.7. The van der Waals surface area contributed by atoms with E-state index in [1.807, 2.05) is 12.1 Å². The highest BCUT2D eigenvalue weighted by Gasteiger charge is 2.13. The molecule has 3 N–H and O–H groups in total. The van der Waals surface area contributed by atoms with Crippen molar-refractivity contribution in [3.8, 4) is 0 Å². The van der Waals surface area contributed by atoms with Crippen LogP contribution in [0.2, 0.25) is 0 Å². The van der Waals surface area contributed by atoms with Gasteiger partial charge >= 0.3 is 5.97 Å². The number of aliphatic carboxylic acids is 1. The third-order valence-electron chi connectivity index (χ3n) is 3.09. The first kappa shape index (κ1) is 13.8. The van der Waals surface area contributed by atoms with E-state index in [-0.39, 0.29) is 5.69 Å². The number of hydrogen-bond donors (Lipinski definition) is 2. The van der Waals surface area contributed by atoms with Gasteiger partial charge in [-0.2, -0.15) is 5.10 Å². The third-order valence-corrected chi connectivity index (χ3v) is 3.09. The van der Waals surface area contributed by atoms with Gasteiger partial charge in [0, 0.05) is 6.20 Å². The number of rotatable bonds is 5. The predicted octanol–water partition coefficient (Wildman–Crippen LogP) is 1.22. The fourth-order valence-corrected chi connectivity index (χ4v) is 1.82. The summed E-state index contributed by atoms with van der Waals surface area (Å²) < 4.78 is 1.61. The first-order valence-corrected chi connectivity index (χ1v) is 6.12. The molecule has 104 valence electrons. The molecule has 6 nitrogen and oxygen atoms in total. The van der Waals surface area contributed by atoms with E-state index in [9.17, 15) is 9.59 Å². The summed E-state index contributed by atoms with van der Waals surface area (Å²) in [5, 5.41) is 13.0. The molecule has 1 atom stereocenters. The van der Waals surface area contributed by atoms with Crippen molar-refractivity contribution in [1.29, 1.82) is 0 Å². The second kappa shape index (κ2) is 5.56. The van der Waals surface area contributed by atoms with E-state index >= 15 is 0 Å². The molecule has 6 heteroatoms. The minimum Gasteiger partial charge on any atom is -0.481 e. The van der Waals surface area contributed by atoms with Gasteiger partial charge in [0.05, 0.1) is 12.5 Å². The van der Waals surface area contributed by atoms with Crippen molar-refractivity contribution in [3.63, 3.8) is 0 Å². The molecule has 20 heavy (non-hydrogen) atoms. The fourth-order valence-electron chi connectivity index (χ4n) is 1.82. The maximum atomic E-state index is 10.9. The maximum absolute atomic E-state index is 10.9. The Morgan fingerprint density at radius 1 is 1.30 bits per heavy atom. The van der Waals surface area contributed by atoms with E-state index in [4.69, 9.17) is 10.8 Å². The van der Waals surface area contributed by atoms with Gasteiger partial charge in [-0.05, 0) is 24.1 Å². The minimum atomic E-state index is -0.851. The molecule has 1 heterocycles. The van der Waals surface area contributed by atoms with Crippen LogP contribution in [-0.2, 0) is 11.3 Å². The van der Waals surface area contributed by atoms with Crippen LogP contribution in [0.15, 0.2) is 36.5 Å². The standard InChI is InChI=1S/C14H15N3O3/c1-9(14(19)20)11-4-2-10(3-5-11)8-17-7-6-12(16-17)13(15)18/h2-7,9H,8H2,1H3,(H2,15,18)(H,19,20). The van der Waals surface area contributed by atoms with E-state index < -0.39 is 17.8 Å². The second-order valence-electron chi connectivity index (χ2n) is 4.56. The lowest BCUT2D eigenvalue weighted by Gasteiger charge is -2.08. The SMILES string of the molecule is CC(C(=O)O)c1ccc(Cn2ccc(C(N)=O)n2)cc1. The van der Waals surface area contributed by atoms with Crippen LogP contribution in [-0.4, -0.2) is 26.8 Å². The molecule has 0 aliphatic carbocycles. The Morgan fingerprint density at radius 3 is 2.45 bits per heavy atom. The van der Waals surface area contributed by atoms with Gasteiger partial charge in [-0.3, -0.25) is 14.3 Å². The number of aromatic nitrogens is 2. The van der Waals surface area contributed by atoms with Crippen LogP contribution in [0.25, 0.3) is 0 Å². The van der Waals surface area contributed by atoms with Crippen LogP contribution >= 0.6 is 0 Å². The van der Waals surface area contributed by atoms with Gasteiger partial charge in [0.15, 0.2) is 0 Å². The zero-order valence-electron chi connectivity index (χ0n) is 11.0. The number of primary amides is 1. The lowest BCUT2D eigenvalue weighted by molar-refractivity contribution is -0.138. The molecule has 1 unspecified atom stereocenters. The molecule has 0 spiro atoms. The van der Waals surface area contributed by atoms with Crippen LogP contribution in [0.5, 0.6) is 0 Å². The average Bonchev–Trinajstić information content (AvgIpc) is 2.87. The van der Waals surface area contributed by atoms with Crippen LogP contribution in [0, 0.1) is 0 Å². The lowest BCUT2D eigenvalue weighted by atomic mass is 10.0. The van der Waals surface area contributed by atoms with Crippen molar-refractivity contribution in [2.45, 2.75) is 19.4 Å². The second-order valence-corrected chi connectivity index (χ2v) is 4.56. The highest BCUT2D eigenvalue weighted by Crippen LogP contribution is 2.16. The normalized spacial score (nSPS) is 12.1. The van der Waals surface area contributed by atoms with E-state index in [0.29, 0.717) is 6.54 Å². The van der Waals surface area contributed by atoms with Crippen molar-refractivity contribution in [3.05, 3.63) is 53.3 Å². The Hall–Kier alpha value is -2.63. The van der Waals surface area contributed by atoms with Gasteiger partial charge < -0.3 is 10.8 Å². The summed E-state index contributed by atoms with van der Waals surface area (Å²) in [6.07, 6.45) is 1.67. The number of nitrogens with two attached hydrogens (primary N) is 1. The third kappa shape index (κ3) is 3.03. The lowest BCUT2D eigenvalue weighted by Crippen LogP contribution is -2.12. The van der Waals surface area contributed by atoms with Crippen molar-refractivity contribution < 1.29 is 14.7 Å². The van der Waals surface area contributed by atoms with E-state index in [2.05, 4.69) is 5.10 Å². The number of amides is 1. The van der Waals surface area contributed by atoms with Crippen LogP contribution in [0.3, 0.4) is 0 Å². The first-order chi connectivity index (χ1) is 9.47. The van der Waals surface area contributed by atoms with Crippen molar-refractivity contribution in [2.75, 3.05) is 0 Å². The summed E-state index contributed by atoms with van der Waals surface area (Å²) in [7, 11) is 0. The summed E-state index contributed by atoms with van der Waals surface area (Å²) in [5.74, 6) is -1.94. The average molecular weight is 273 g/mol. The number of carboxylic acid groups (broad SMARTS) is 1. The number of carbonyl (C=O) groups excluding carboxylic acids is 1. The molecule has 0 saturated heterocycles. The number of hydrogen-bond acceptors (Lipinski definition) is 3. The van der Waals surface area contributed by atoms with Crippen molar-refractivity contribution in [1.82, 2.24) is 9.78 Å². The number of carboxylic acids is 1. The van der Waals surface area contributed by atoms with Crippen LogP contribution in [0.1, 0.15) is 34.5 Å². The highest BCUT2D eigenvalue weighted by molar-refractivity contribution is 5.90. The summed E-state index contributed by atoms with van der Waals surface area (Å²) in [4.78, 5) is 21.8. The van der Waals surface area contributed by atoms with Gasteiger partial charge in [0.2, 0.25) is 0 Å². The monoisotopic (exact) mass is 273 g/mol. The molecular formula is C14H15N3O3. The molecule has 0 aliphatic rings. The zero-order valence-corrected chi connectivity index (χ0v) is 11.0. The van der Waals surface area contributed by atoms with E-state index in [1.165, 1.54) is 0 Å². The molecule has 0 saturated carbocycles. The van der Waals surface area contributed by atoms with Crippen molar-refractivity contribution in [2.24, 2.45) is 5.73 Å². The maximum Gasteiger partial charge on any atom is 0.310 e. The molecule has 2 aromatic rings. The van der Waals surface area contributed by atoms with Gasteiger partial charge in [-0.25, -0.2) is 0 Å². The number of nitrogens with zero attached hydrogens (tertiary/aromatic N) is 2. The van der Waals surface area contributed by atoms with Crippen molar-refractivity contribution >= 4 is 11.9 Å². The molecule has 0 fully saturated rings. The van der Waals surface area contributed by atoms with Gasteiger partial charge in [-0.1, -0.05) is 24.3 Å². The summed E-state index contributed by atoms with van der Waals surface area (Å²) in [5.41, 5.74) is 7.07. The minimum absolute atomic E-state index is 0.223. The van der Waals surface area contributed by atoms with Gasteiger partial charge in [-0.15, -0.1) is 0 Å². The Kier molecular flexibility index (Phi) is 3.84. The fraction of sp³-hybridized carbons (Fsp3) is 0.214. The van der Waals surface area contributed by atoms with Crippen LogP contribution < -0.4 is 5.73 Å². The molecule has 1 aromatic carbocycles. The molecule has 1 amide bonds. The molecule has 0 aliphatic heterocycles. The number of benzene rings is 1. The molecule has 0 radical (unpaired) electrons. The number of carbonyl (C=O) groups is 2. The first-order valence-electron chi connectivity index (χ1n) is 6.12. The predicted molar refractivity (Wildman–Crippen MR) is 72.3 cm³/mol. The highest BCUT2D eigenvalue weighted by atomic mass is 16.4. The Bertz CT molecular complexity index is 631. The summed E-state index contributed by atoms with van der Waals surface area (Å²) in [6, 6.07) is 8.82. The topological polar surface area (TPSA) is 98.2 Å². The molecule has 2 rings (SSSR count). The Labute approximate surface area is 115 Å². The molecule has 1 aromatic heterocycles. The summed E-state index contributed by atoms with van der Waals surface area (Å²) >= 11 is 0. The Balaban J connectivity index is 2.10. The molecule has 0 bridgehead atoms. The van der Waals surface area contributed by atoms with E-state index in [0.717, 1.165) is 11.1 Å². The summed E-state index contributed by atoms with van der Waals surface area (Å²) in [6.45, 7) is 2.14. The van der Waals surface area contributed by atoms with E-state index in [1.54, 1.807) is 36.0 Å².